The highest BCUT2D eigenvalue weighted by molar-refractivity contribution is 9.10. The first kappa shape index (κ1) is 13.0. The molecule has 0 aliphatic heterocycles. The summed E-state index contributed by atoms with van der Waals surface area (Å²) in [5.41, 5.74) is 0.508. The molecule has 1 aromatic carbocycles. The normalized spacial score (nSPS) is 24.9. The van der Waals surface area contributed by atoms with Crippen molar-refractivity contribution in [1.82, 2.24) is 0 Å². The van der Waals surface area contributed by atoms with Crippen LogP contribution < -0.4 is 0 Å². The van der Waals surface area contributed by atoms with Crippen LogP contribution in [0.2, 0.25) is 0 Å². The van der Waals surface area contributed by atoms with Gasteiger partial charge in [-0.3, -0.25) is 0 Å². The van der Waals surface area contributed by atoms with Crippen molar-refractivity contribution in [2.75, 3.05) is 0 Å². The lowest BCUT2D eigenvalue weighted by Gasteiger charge is -2.31. The summed E-state index contributed by atoms with van der Waals surface area (Å²) in [7, 11) is 0. The monoisotopic (exact) mass is 300 g/mol. The fraction of sp³-hybridized carbons (Fsp3) is 0.571. The zero-order chi connectivity index (χ0) is 12.6. The van der Waals surface area contributed by atoms with Crippen molar-refractivity contribution in [1.29, 1.82) is 0 Å². The molecule has 1 aliphatic rings. The van der Waals surface area contributed by atoms with Gasteiger partial charge in [-0.1, -0.05) is 36.2 Å². The molecule has 1 N–H and O–H groups in total. The molecule has 3 heteroatoms. The van der Waals surface area contributed by atoms with E-state index in [4.69, 9.17) is 0 Å². The van der Waals surface area contributed by atoms with Crippen LogP contribution in [0.1, 0.15) is 44.8 Å². The molecule has 1 aromatic rings. The van der Waals surface area contributed by atoms with Crippen LogP contribution in [-0.4, -0.2) is 5.11 Å². The maximum absolute atomic E-state index is 13.7. The van der Waals surface area contributed by atoms with E-state index in [1.165, 1.54) is 6.07 Å². The first-order chi connectivity index (χ1) is 7.92. The largest absolute Gasteiger partial charge is 0.388 e. The fourth-order valence-corrected chi connectivity index (χ4v) is 3.28. The Kier molecular flexibility index (Phi) is 3.60. The topological polar surface area (TPSA) is 20.2 Å². The molecule has 2 unspecified atom stereocenters. The maximum Gasteiger partial charge on any atom is 0.129 e. The average Bonchev–Trinajstić information content (AvgIpc) is 2.61. The zero-order valence-electron chi connectivity index (χ0n) is 10.2. The van der Waals surface area contributed by atoms with Crippen molar-refractivity contribution >= 4 is 15.9 Å². The van der Waals surface area contributed by atoms with Gasteiger partial charge in [0.25, 0.3) is 0 Å². The third-order valence-corrected chi connectivity index (χ3v) is 4.49. The number of rotatable bonds is 2. The van der Waals surface area contributed by atoms with E-state index in [0.717, 1.165) is 23.7 Å². The minimum absolute atomic E-state index is 0.0914. The molecular formula is C14H18BrFO. The summed E-state index contributed by atoms with van der Waals surface area (Å²) in [6, 6.07) is 4.75. The molecule has 2 rings (SSSR count). The van der Waals surface area contributed by atoms with Crippen LogP contribution in [0.25, 0.3) is 0 Å². The van der Waals surface area contributed by atoms with Crippen LogP contribution in [0.5, 0.6) is 0 Å². The van der Waals surface area contributed by atoms with Gasteiger partial charge in [0.2, 0.25) is 0 Å². The van der Waals surface area contributed by atoms with Gasteiger partial charge in [0.15, 0.2) is 0 Å². The molecular weight excluding hydrogens is 283 g/mol. The standard InChI is InChI=1S/C14H18BrFO/c1-14(2)7-3-4-11(14)13(17)10-8-9(15)5-6-12(10)16/h5-6,8,11,13,17H,3-4,7H2,1-2H3. The highest BCUT2D eigenvalue weighted by Crippen LogP contribution is 2.49. The van der Waals surface area contributed by atoms with Gasteiger partial charge in [0.05, 0.1) is 6.10 Å². The molecule has 2 atom stereocenters. The Bertz CT molecular complexity index is 417. The van der Waals surface area contributed by atoms with Crippen LogP contribution >= 0.6 is 15.9 Å². The Labute approximate surface area is 110 Å². The highest BCUT2D eigenvalue weighted by atomic mass is 79.9. The Morgan fingerprint density at radius 3 is 2.76 bits per heavy atom. The predicted octanol–water partition coefficient (Wildman–Crippen LogP) is 4.45. The van der Waals surface area contributed by atoms with E-state index < -0.39 is 6.10 Å². The third-order valence-electron chi connectivity index (χ3n) is 4.00. The second-order valence-electron chi connectivity index (χ2n) is 5.60. The number of aliphatic hydroxyl groups excluding tert-OH is 1. The molecule has 17 heavy (non-hydrogen) atoms. The molecule has 0 aromatic heterocycles. The van der Waals surface area contributed by atoms with Crippen molar-refractivity contribution in [3.63, 3.8) is 0 Å². The number of hydrogen-bond acceptors (Lipinski definition) is 1. The first-order valence-corrected chi connectivity index (χ1v) is 6.84. The van der Waals surface area contributed by atoms with Gasteiger partial charge >= 0.3 is 0 Å². The summed E-state index contributed by atoms with van der Waals surface area (Å²) in [6.45, 7) is 4.31. The molecule has 0 bridgehead atoms. The van der Waals surface area contributed by atoms with Crippen molar-refractivity contribution in [3.8, 4) is 0 Å². The Morgan fingerprint density at radius 1 is 1.47 bits per heavy atom. The van der Waals surface area contributed by atoms with Crippen LogP contribution in [-0.2, 0) is 0 Å². The van der Waals surface area contributed by atoms with E-state index in [-0.39, 0.29) is 17.2 Å². The molecule has 1 fully saturated rings. The van der Waals surface area contributed by atoms with Crippen LogP contribution in [0, 0.1) is 17.2 Å². The summed E-state index contributed by atoms with van der Waals surface area (Å²) in [5.74, 6) is -0.172. The second kappa shape index (κ2) is 4.69. The van der Waals surface area contributed by atoms with Crippen molar-refractivity contribution < 1.29 is 9.50 Å². The Hall–Kier alpha value is -0.410. The van der Waals surface area contributed by atoms with Gasteiger partial charge in [-0.05, 0) is 42.4 Å². The summed E-state index contributed by atoms with van der Waals surface area (Å²) in [6.07, 6.45) is 2.49. The molecule has 0 saturated heterocycles. The zero-order valence-corrected chi connectivity index (χ0v) is 11.8. The molecule has 1 saturated carbocycles. The van der Waals surface area contributed by atoms with Crippen LogP contribution in [0.3, 0.4) is 0 Å². The number of aliphatic hydroxyl groups is 1. The lowest BCUT2D eigenvalue weighted by atomic mass is 9.77. The molecule has 0 amide bonds. The van der Waals surface area contributed by atoms with Gasteiger partial charge in [-0.2, -0.15) is 0 Å². The van der Waals surface area contributed by atoms with Crippen molar-refractivity contribution in [2.24, 2.45) is 11.3 Å². The summed E-state index contributed by atoms with van der Waals surface area (Å²) in [5, 5.41) is 10.4. The smallest absolute Gasteiger partial charge is 0.129 e. The number of hydrogen-bond donors (Lipinski definition) is 1. The molecule has 0 radical (unpaired) electrons. The lowest BCUT2D eigenvalue weighted by molar-refractivity contribution is 0.0504. The van der Waals surface area contributed by atoms with Gasteiger partial charge in [-0.25, -0.2) is 4.39 Å². The Morgan fingerprint density at radius 2 is 2.18 bits per heavy atom. The minimum atomic E-state index is -0.704. The van der Waals surface area contributed by atoms with E-state index in [1.807, 2.05) is 0 Å². The van der Waals surface area contributed by atoms with Gasteiger partial charge in [-0.15, -0.1) is 0 Å². The van der Waals surface area contributed by atoms with Gasteiger partial charge in [0, 0.05) is 10.0 Å². The summed E-state index contributed by atoms with van der Waals surface area (Å²) < 4.78 is 14.6. The van der Waals surface area contributed by atoms with E-state index in [0.29, 0.717) is 5.56 Å². The SMILES string of the molecule is CC1(C)CCCC1C(O)c1cc(Br)ccc1F. The first-order valence-electron chi connectivity index (χ1n) is 6.05. The molecule has 1 aliphatic carbocycles. The van der Waals surface area contributed by atoms with Gasteiger partial charge in [0.1, 0.15) is 5.82 Å². The minimum Gasteiger partial charge on any atom is -0.388 e. The number of benzene rings is 1. The van der Waals surface area contributed by atoms with E-state index in [9.17, 15) is 9.50 Å². The predicted molar refractivity (Wildman–Crippen MR) is 70.2 cm³/mol. The molecule has 94 valence electrons. The Balaban J connectivity index is 2.30. The van der Waals surface area contributed by atoms with Crippen molar-refractivity contribution in [3.05, 3.63) is 34.1 Å². The second-order valence-corrected chi connectivity index (χ2v) is 6.51. The third kappa shape index (κ3) is 2.55. The molecule has 0 spiro atoms. The lowest BCUT2D eigenvalue weighted by Crippen LogP contribution is -2.24. The fourth-order valence-electron chi connectivity index (χ4n) is 2.90. The highest BCUT2D eigenvalue weighted by Gasteiger charge is 2.40. The number of halogens is 2. The maximum atomic E-state index is 13.7. The average molecular weight is 301 g/mol. The van der Waals surface area contributed by atoms with E-state index in [1.54, 1.807) is 12.1 Å². The quantitative estimate of drug-likeness (QED) is 0.855. The summed E-state index contributed by atoms with van der Waals surface area (Å²) >= 11 is 3.32. The van der Waals surface area contributed by atoms with Crippen molar-refractivity contribution in [2.45, 2.75) is 39.2 Å². The van der Waals surface area contributed by atoms with Crippen LogP contribution in [0.15, 0.2) is 22.7 Å². The van der Waals surface area contributed by atoms with Gasteiger partial charge < -0.3 is 5.11 Å². The molecule has 0 heterocycles. The van der Waals surface area contributed by atoms with E-state index >= 15 is 0 Å². The summed E-state index contributed by atoms with van der Waals surface area (Å²) in [4.78, 5) is 0. The molecule has 1 nitrogen and oxygen atoms in total. The van der Waals surface area contributed by atoms with Crippen LogP contribution in [0.4, 0.5) is 4.39 Å². The van der Waals surface area contributed by atoms with E-state index in [2.05, 4.69) is 29.8 Å².